The monoisotopic (exact) mass is 877 g/mol. The summed E-state index contributed by atoms with van der Waals surface area (Å²) in [5, 5.41) is 0. The number of carbonyl (C=O) groups excluding carboxylic acids is 3. The number of ether oxygens (including phenoxy) is 3. The molecule has 0 fully saturated rings. The first kappa shape index (κ1) is 60.4. The number of hydrogen-bond donors (Lipinski definition) is 0. The van der Waals surface area contributed by atoms with Crippen LogP contribution in [0.1, 0.15) is 311 Å². The van der Waals surface area contributed by atoms with Gasteiger partial charge in [-0.1, -0.05) is 272 Å². The summed E-state index contributed by atoms with van der Waals surface area (Å²) < 4.78 is 16.9. The predicted molar refractivity (Wildman–Crippen MR) is 266 cm³/mol. The van der Waals surface area contributed by atoms with E-state index in [-0.39, 0.29) is 31.1 Å². The van der Waals surface area contributed by atoms with Crippen molar-refractivity contribution in [3.05, 3.63) is 0 Å². The summed E-state index contributed by atoms with van der Waals surface area (Å²) >= 11 is 0. The molecule has 0 saturated heterocycles. The lowest BCUT2D eigenvalue weighted by molar-refractivity contribution is -0.167. The Labute approximate surface area is 387 Å². The van der Waals surface area contributed by atoms with Gasteiger partial charge in [0.15, 0.2) is 6.10 Å². The summed E-state index contributed by atoms with van der Waals surface area (Å²) in [5.41, 5.74) is 0. The molecule has 0 radical (unpaired) electrons. The molecular weight excluding hydrogens is 769 g/mol. The highest BCUT2D eigenvalue weighted by Gasteiger charge is 2.19. The summed E-state index contributed by atoms with van der Waals surface area (Å²) in [6.45, 7) is 11.4. The highest BCUT2D eigenvalue weighted by Crippen LogP contribution is 2.18. The van der Waals surface area contributed by atoms with Gasteiger partial charge in [0.1, 0.15) is 13.2 Å². The van der Waals surface area contributed by atoms with E-state index in [4.69, 9.17) is 14.2 Å². The van der Waals surface area contributed by atoms with Crippen molar-refractivity contribution in [3.63, 3.8) is 0 Å². The Morgan fingerprint density at radius 1 is 0.339 bits per heavy atom. The third-order valence-corrected chi connectivity index (χ3v) is 13.1. The summed E-state index contributed by atoms with van der Waals surface area (Å²) in [7, 11) is 0. The molecule has 1 unspecified atom stereocenters. The van der Waals surface area contributed by atoms with Crippen LogP contribution in [0.25, 0.3) is 0 Å². The molecule has 2 atom stereocenters. The van der Waals surface area contributed by atoms with Gasteiger partial charge in [-0.05, 0) is 31.1 Å². The second kappa shape index (κ2) is 48.9. The van der Waals surface area contributed by atoms with Crippen molar-refractivity contribution in [2.75, 3.05) is 13.2 Å². The van der Waals surface area contributed by atoms with E-state index < -0.39 is 6.10 Å². The minimum atomic E-state index is -0.762. The molecule has 0 aromatic heterocycles. The number of rotatable bonds is 50. The average Bonchev–Trinajstić information content (AvgIpc) is 3.26. The van der Waals surface area contributed by atoms with Gasteiger partial charge in [-0.15, -0.1) is 0 Å². The van der Waals surface area contributed by atoms with Crippen LogP contribution in [0.3, 0.4) is 0 Å². The Bertz CT molecular complexity index is 949. The molecular formula is C56H108O6. The Balaban J connectivity index is 4.32. The van der Waals surface area contributed by atoms with Crippen LogP contribution < -0.4 is 0 Å². The van der Waals surface area contributed by atoms with Gasteiger partial charge in [0.25, 0.3) is 0 Å². The smallest absolute Gasteiger partial charge is 0.306 e. The van der Waals surface area contributed by atoms with Gasteiger partial charge in [0, 0.05) is 19.3 Å². The van der Waals surface area contributed by atoms with Gasteiger partial charge in [0.05, 0.1) is 0 Å². The number of esters is 3. The maximum absolute atomic E-state index is 12.8. The molecule has 0 heterocycles. The van der Waals surface area contributed by atoms with Crippen LogP contribution in [0.4, 0.5) is 0 Å². The van der Waals surface area contributed by atoms with Crippen LogP contribution in [0, 0.1) is 11.8 Å². The lowest BCUT2D eigenvalue weighted by Crippen LogP contribution is -2.30. The molecule has 0 saturated carbocycles. The maximum Gasteiger partial charge on any atom is 0.306 e. The van der Waals surface area contributed by atoms with Gasteiger partial charge < -0.3 is 14.2 Å². The van der Waals surface area contributed by atoms with Crippen LogP contribution in [-0.4, -0.2) is 37.2 Å². The minimum absolute atomic E-state index is 0.0631. The zero-order valence-corrected chi connectivity index (χ0v) is 42.5. The van der Waals surface area contributed by atoms with E-state index >= 15 is 0 Å². The number of hydrogen-bond acceptors (Lipinski definition) is 6. The first-order valence-electron chi connectivity index (χ1n) is 27.8. The lowest BCUT2D eigenvalue weighted by Gasteiger charge is -2.18. The van der Waals surface area contributed by atoms with Crippen LogP contribution in [0.2, 0.25) is 0 Å². The zero-order valence-electron chi connectivity index (χ0n) is 42.5. The Hall–Kier alpha value is -1.59. The lowest BCUT2D eigenvalue weighted by atomic mass is 9.99. The molecule has 0 spiro atoms. The molecule has 368 valence electrons. The van der Waals surface area contributed by atoms with Crippen LogP contribution in [0.15, 0.2) is 0 Å². The normalized spacial score (nSPS) is 12.5. The summed E-state index contributed by atoms with van der Waals surface area (Å²) in [4.78, 5) is 38.1. The van der Waals surface area contributed by atoms with Gasteiger partial charge in [-0.2, -0.15) is 0 Å². The second-order valence-corrected chi connectivity index (χ2v) is 19.9. The van der Waals surface area contributed by atoms with Gasteiger partial charge in [-0.25, -0.2) is 0 Å². The Morgan fingerprint density at radius 3 is 0.919 bits per heavy atom. The third kappa shape index (κ3) is 47.9. The fourth-order valence-corrected chi connectivity index (χ4v) is 8.49. The molecule has 6 heteroatoms. The highest BCUT2D eigenvalue weighted by molar-refractivity contribution is 5.71. The Kier molecular flexibility index (Phi) is 47.6. The van der Waals surface area contributed by atoms with Crippen molar-refractivity contribution < 1.29 is 28.6 Å². The largest absolute Gasteiger partial charge is 0.462 e. The van der Waals surface area contributed by atoms with E-state index in [1.807, 2.05) is 0 Å². The molecule has 0 amide bonds. The van der Waals surface area contributed by atoms with Gasteiger partial charge in [0.2, 0.25) is 0 Å². The van der Waals surface area contributed by atoms with Crippen molar-refractivity contribution in [3.8, 4) is 0 Å². The quantitative estimate of drug-likeness (QED) is 0.0344. The molecule has 0 aliphatic heterocycles. The summed E-state index contributed by atoms with van der Waals surface area (Å²) in [6.07, 6.45) is 50.8. The molecule has 0 aliphatic rings. The van der Waals surface area contributed by atoms with Gasteiger partial charge >= 0.3 is 17.9 Å². The first-order valence-corrected chi connectivity index (χ1v) is 27.8. The summed E-state index contributed by atoms with van der Waals surface area (Å²) in [6, 6.07) is 0. The highest BCUT2D eigenvalue weighted by atomic mass is 16.6. The Morgan fingerprint density at radius 2 is 0.613 bits per heavy atom. The van der Waals surface area contributed by atoms with Crippen molar-refractivity contribution in [2.45, 2.75) is 317 Å². The van der Waals surface area contributed by atoms with Crippen molar-refractivity contribution >= 4 is 17.9 Å². The first-order chi connectivity index (χ1) is 30.3. The molecule has 0 aromatic rings. The molecule has 0 N–H and O–H groups in total. The van der Waals surface area contributed by atoms with E-state index in [0.29, 0.717) is 19.3 Å². The fraction of sp³-hybridized carbons (Fsp3) is 0.946. The minimum Gasteiger partial charge on any atom is -0.462 e. The van der Waals surface area contributed by atoms with Crippen molar-refractivity contribution in [2.24, 2.45) is 11.8 Å². The van der Waals surface area contributed by atoms with E-state index in [0.717, 1.165) is 69.6 Å². The second-order valence-electron chi connectivity index (χ2n) is 19.9. The standard InChI is InChI=1S/C56H108O6/c1-6-8-9-10-11-12-13-14-15-16-20-26-31-36-41-46-54(57)60-49-53(50-61-55(58)47-42-37-32-27-23-22-25-30-35-40-45-52(5)7-2)62-56(59)48-43-38-33-28-21-18-17-19-24-29-34-39-44-51(3)4/h51-53H,6-50H2,1-5H3/t52?,53-/m1/s1. The van der Waals surface area contributed by atoms with E-state index in [1.54, 1.807) is 0 Å². The van der Waals surface area contributed by atoms with E-state index in [1.165, 1.54) is 199 Å². The average molecular weight is 877 g/mol. The molecule has 0 aliphatic carbocycles. The molecule has 6 nitrogen and oxygen atoms in total. The van der Waals surface area contributed by atoms with Gasteiger partial charge in [-0.3, -0.25) is 14.4 Å². The van der Waals surface area contributed by atoms with Crippen LogP contribution in [-0.2, 0) is 28.6 Å². The summed E-state index contributed by atoms with van der Waals surface area (Å²) in [5.74, 6) is 0.859. The molecule has 0 rings (SSSR count). The molecule has 62 heavy (non-hydrogen) atoms. The van der Waals surface area contributed by atoms with Crippen molar-refractivity contribution in [1.29, 1.82) is 0 Å². The molecule has 0 aromatic carbocycles. The number of carbonyl (C=O) groups is 3. The topological polar surface area (TPSA) is 78.9 Å². The third-order valence-electron chi connectivity index (χ3n) is 13.1. The molecule has 0 bridgehead atoms. The predicted octanol–water partition coefficient (Wildman–Crippen LogP) is 18.1. The number of unbranched alkanes of at least 4 members (excludes halogenated alkanes) is 34. The van der Waals surface area contributed by atoms with Crippen LogP contribution in [0.5, 0.6) is 0 Å². The zero-order chi connectivity index (χ0) is 45.4. The van der Waals surface area contributed by atoms with Crippen molar-refractivity contribution in [1.82, 2.24) is 0 Å². The van der Waals surface area contributed by atoms with E-state index in [9.17, 15) is 14.4 Å². The van der Waals surface area contributed by atoms with E-state index in [2.05, 4.69) is 34.6 Å². The fourth-order valence-electron chi connectivity index (χ4n) is 8.49. The maximum atomic E-state index is 12.8. The van der Waals surface area contributed by atoms with Crippen LogP contribution >= 0.6 is 0 Å². The SMILES string of the molecule is CCCCCCCCCCCCCCCCCC(=O)OC[C@H](COC(=O)CCCCCCCCCCCCC(C)CC)OC(=O)CCCCCCCCCCCCCCC(C)C.